The van der Waals surface area contributed by atoms with Gasteiger partial charge in [0, 0.05) is 0 Å². The number of hydrogen-bond acceptors (Lipinski definition) is 0. The quantitative estimate of drug-likeness (QED) is 0.404. The molecule has 0 saturated carbocycles. The fourth-order valence-corrected chi connectivity index (χ4v) is 3.71. The van der Waals surface area contributed by atoms with Gasteiger partial charge in [0.15, 0.2) is 0 Å². The summed E-state index contributed by atoms with van der Waals surface area (Å²) in [4.78, 5) is 0. The van der Waals surface area contributed by atoms with Crippen molar-refractivity contribution in [1.82, 2.24) is 0 Å². The molecule has 0 fully saturated rings. The molecule has 0 spiro atoms. The molecular formula is C6H15ISi. The lowest BCUT2D eigenvalue weighted by molar-refractivity contribution is 1.05. The molecular weight excluding hydrogens is 227 g/mol. The zero-order valence-corrected chi connectivity index (χ0v) is 9.16. The van der Waals surface area contributed by atoms with E-state index in [2.05, 4.69) is 42.2 Å². The number of rotatable bonds is 3. The molecule has 8 heavy (non-hydrogen) atoms. The Hall–Kier alpha value is 0.947. The van der Waals surface area contributed by atoms with Crippen LogP contribution in [0.5, 0.6) is 0 Å². The Bertz CT molecular complexity index is 61.5. The highest BCUT2D eigenvalue weighted by molar-refractivity contribution is 14.1. The molecule has 1 atom stereocenters. The van der Waals surface area contributed by atoms with E-state index >= 15 is 0 Å². The van der Waals surface area contributed by atoms with Crippen LogP contribution in [-0.4, -0.2) is 5.57 Å². The molecule has 0 aromatic heterocycles. The van der Waals surface area contributed by atoms with Crippen LogP contribution in [0.1, 0.15) is 20.3 Å². The van der Waals surface area contributed by atoms with Crippen LogP contribution in [0.3, 0.4) is 0 Å². The van der Waals surface area contributed by atoms with Crippen LogP contribution >= 0.6 is 21.8 Å². The Morgan fingerprint density at radius 3 is 2.00 bits per heavy atom. The van der Waals surface area contributed by atoms with E-state index < -0.39 is 5.57 Å². The van der Waals surface area contributed by atoms with Crippen molar-refractivity contribution in [3.05, 3.63) is 0 Å². The normalized spacial score (nSPS) is 18.0. The predicted molar refractivity (Wildman–Crippen MR) is 51.2 cm³/mol. The summed E-state index contributed by atoms with van der Waals surface area (Å²) in [7, 11) is 0. The lowest BCUT2D eigenvalue weighted by Gasteiger charge is -2.15. The third-order valence-electron chi connectivity index (χ3n) is 1.51. The molecule has 0 aliphatic carbocycles. The molecule has 0 aliphatic heterocycles. The minimum absolute atomic E-state index is 0.707. The van der Waals surface area contributed by atoms with Crippen molar-refractivity contribution >= 4 is 27.4 Å². The highest BCUT2D eigenvalue weighted by atomic mass is 127. The summed E-state index contributed by atoms with van der Waals surface area (Å²) in [5.74, 6) is 0. The highest BCUT2D eigenvalue weighted by Crippen LogP contribution is 2.23. The summed E-state index contributed by atoms with van der Waals surface area (Å²) in [6.45, 7) is 7.05. The van der Waals surface area contributed by atoms with E-state index in [-0.39, 0.29) is 0 Å². The first-order valence-electron chi connectivity index (χ1n) is 3.31. The minimum atomic E-state index is -0.707. The summed E-state index contributed by atoms with van der Waals surface area (Å²) < 4.78 is 0. The largest absolute Gasteiger partial charge is 0.122 e. The van der Waals surface area contributed by atoms with Gasteiger partial charge in [-0.3, -0.25) is 0 Å². The first-order chi connectivity index (χ1) is 3.62. The van der Waals surface area contributed by atoms with Gasteiger partial charge in [0.2, 0.25) is 0 Å². The zero-order valence-electron chi connectivity index (χ0n) is 6.00. The van der Waals surface area contributed by atoms with Gasteiger partial charge in [0.1, 0.15) is 5.57 Å². The summed E-state index contributed by atoms with van der Waals surface area (Å²) in [5, 5.41) is 0. The number of halogens is 1. The SMILES string of the molecule is CCC[Si](C)(I)CC. The summed E-state index contributed by atoms with van der Waals surface area (Å²) in [6.07, 6.45) is 1.37. The topological polar surface area (TPSA) is 0 Å². The van der Waals surface area contributed by atoms with Gasteiger partial charge in [-0.25, -0.2) is 0 Å². The third-order valence-corrected chi connectivity index (χ3v) is 8.43. The van der Waals surface area contributed by atoms with Crippen molar-refractivity contribution in [2.24, 2.45) is 0 Å². The van der Waals surface area contributed by atoms with Gasteiger partial charge >= 0.3 is 0 Å². The maximum Gasteiger partial charge on any atom is 0.122 e. The van der Waals surface area contributed by atoms with Gasteiger partial charge in [-0.15, -0.1) is 21.8 Å². The second-order valence-corrected chi connectivity index (χ2v) is 14.4. The van der Waals surface area contributed by atoms with E-state index in [1.54, 1.807) is 0 Å². The van der Waals surface area contributed by atoms with Gasteiger partial charge in [-0.05, 0) is 6.04 Å². The van der Waals surface area contributed by atoms with Crippen molar-refractivity contribution in [2.75, 3.05) is 0 Å². The highest BCUT2D eigenvalue weighted by Gasteiger charge is 2.18. The van der Waals surface area contributed by atoms with E-state index in [1.165, 1.54) is 18.5 Å². The lowest BCUT2D eigenvalue weighted by atomic mass is 10.6. The molecule has 0 rings (SSSR count). The van der Waals surface area contributed by atoms with Crippen LogP contribution < -0.4 is 0 Å². The Labute approximate surface area is 66.3 Å². The van der Waals surface area contributed by atoms with Crippen LogP contribution in [-0.2, 0) is 0 Å². The van der Waals surface area contributed by atoms with E-state index in [9.17, 15) is 0 Å². The van der Waals surface area contributed by atoms with E-state index in [0.717, 1.165) is 0 Å². The molecule has 0 amide bonds. The van der Waals surface area contributed by atoms with Crippen molar-refractivity contribution in [2.45, 2.75) is 38.9 Å². The zero-order chi connectivity index (χ0) is 6.62. The summed E-state index contributed by atoms with van der Waals surface area (Å²) in [5.41, 5.74) is -0.707. The minimum Gasteiger partial charge on any atom is -0.119 e. The fourth-order valence-electron chi connectivity index (χ4n) is 0.698. The smallest absolute Gasteiger partial charge is 0.119 e. The van der Waals surface area contributed by atoms with Crippen molar-refractivity contribution < 1.29 is 0 Å². The van der Waals surface area contributed by atoms with Crippen LogP contribution in [0.2, 0.25) is 18.6 Å². The van der Waals surface area contributed by atoms with Crippen LogP contribution in [0, 0.1) is 0 Å². The molecule has 0 nitrogen and oxygen atoms in total. The molecule has 0 N–H and O–H groups in total. The van der Waals surface area contributed by atoms with Gasteiger partial charge in [-0.2, -0.15) is 0 Å². The van der Waals surface area contributed by atoms with E-state index in [0.29, 0.717) is 0 Å². The average molecular weight is 242 g/mol. The van der Waals surface area contributed by atoms with Gasteiger partial charge < -0.3 is 0 Å². The summed E-state index contributed by atoms with van der Waals surface area (Å²) >= 11 is 2.68. The predicted octanol–water partition coefficient (Wildman–Crippen LogP) is 3.43. The second kappa shape index (κ2) is 3.88. The van der Waals surface area contributed by atoms with Crippen molar-refractivity contribution in [3.8, 4) is 0 Å². The maximum absolute atomic E-state index is 2.68. The second-order valence-electron chi connectivity index (χ2n) is 2.52. The van der Waals surface area contributed by atoms with Crippen LogP contribution in [0.25, 0.3) is 0 Å². The van der Waals surface area contributed by atoms with Crippen molar-refractivity contribution in [3.63, 3.8) is 0 Å². The molecule has 0 aromatic carbocycles. The molecule has 0 aliphatic rings. The Morgan fingerprint density at radius 2 is 1.88 bits per heavy atom. The van der Waals surface area contributed by atoms with E-state index in [1.807, 2.05) is 0 Å². The first kappa shape index (κ1) is 8.95. The summed E-state index contributed by atoms with van der Waals surface area (Å²) in [6, 6.07) is 2.92. The lowest BCUT2D eigenvalue weighted by Crippen LogP contribution is -2.17. The third kappa shape index (κ3) is 3.89. The monoisotopic (exact) mass is 242 g/mol. The molecule has 0 heterocycles. The molecule has 2 heteroatoms. The Kier molecular flexibility index (Phi) is 4.33. The van der Waals surface area contributed by atoms with Crippen LogP contribution in [0.15, 0.2) is 0 Å². The van der Waals surface area contributed by atoms with E-state index in [4.69, 9.17) is 0 Å². The Balaban J connectivity index is 3.37. The molecule has 0 aromatic rings. The molecule has 50 valence electrons. The Morgan fingerprint density at radius 1 is 1.38 bits per heavy atom. The molecule has 0 bridgehead atoms. The maximum atomic E-state index is 2.68. The molecule has 0 radical (unpaired) electrons. The standard InChI is InChI=1S/C6H15ISi/c1-4-6-8(3,7)5-2/h4-6H2,1-3H3. The first-order valence-corrected chi connectivity index (χ1v) is 9.34. The van der Waals surface area contributed by atoms with Gasteiger partial charge in [-0.1, -0.05) is 32.9 Å². The molecule has 0 saturated heterocycles. The van der Waals surface area contributed by atoms with Gasteiger partial charge in [0.25, 0.3) is 0 Å². The fraction of sp³-hybridized carbons (Fsp3) is 1.00. The molecule has 1 unspecified atom stereocenters. The number of hydrogen-bond donors (Lipinski definition) is 0. The van der Waals surface area contributed by atoms with Gasteiger partial charge in [0.05, 0.1) is 0 Å². The average Bonchev–Trinajstić information content (AvgIpc) is 1.67. The van der Waals surface area contributed by atoms with Crippen LogP contribution in [0.4, 0.5) is 0 Å². The van der Waals surface area contributed by atoms with Crippen molar-refractivity contribution in [1.29, 1.82) is 0 Å².